The molecule has 0 saturated heterocycles. The number of nitrogens with two attached hydrogens (primary N) is 1. The monoisotopic (exact) mass is 350 g/mol. The van der Waals surface area contributed by atoms with E-state index in [9.17, 15) is 13.2 Å². The van der Waals surface area contributed by atoms with Crippen LogP contribution in [0.2, 0.25) is 10.0 Å². The summed E-state index contributed by atoms with van der Waals surface area (Å²) in [5, 5.41) is 7.84. The predicted molar refractivity (Wildman–Crippen MR) is 82.1 cm³/mol. The molecule has 1 atom stereocenters. The summed E-state index contributed by atoms with van der Waals surface area (Å²) in [5.41, 5.74) is 0.0100. The Morgan fingerprint density at radius 2 is 2.05 bits per heavy atom. The summed E-state index contributed by atoms with van der Waals surface area (Å²) in [4.78, 5) is 12.0. The van der Waals surface area contributed by atoms with Crippen molar-refractivity contribution in [1.29, 1.82) is 0 Å². The standard InChI is InChI=1S/C13H16Cl2N2O3S/c1-7(4-8-2-3-8)17-13(18)10-5-9(21(16,19)20)6-11(14)12(10)15/h5-8H,2-4H2,1H3,(H,17,18)(H2,16,19,20). The SMILES string of the molecule is CC(CC1CC1)NC(=O)c1cc(S(N)(=O)=O)cc(Cl)c1Cl. The van der Waals surface area contributed by atoms with Crippen molar-refractivity contribution in [3.8, 4) is 0 Å². The lowest BCUT2D eigenvalue weighted by Crippen LogP contribution is -2.33. The number of rotatable bonds is 5. The fourth-order valence-corrected chi connectivity index (χ4v) is 3.15. The Balaban J connectivity index is 2.24. The van der Waals surface area contributed by atoms with Gasteiger partial charge in [0.1, 0.15) is 0 Å². The van der Waals surface area contributed by atoms with Gasteiger partial charge in [-0.3, -0.25) is 4.79 Å². The van der Waals surface area contributed by atoms with Gasteiger partial charge in [-0.25, -0.2) is 13.6 Å². The van der Waals surface area contributed by atoms with E-state index in [1.165, 1.54) is 12.8 Å². The second-order valence-electron chi connectivity index (χ2n) is 5.37. The third-order valence-corrected chi connectivity index (χ3v) is 5.03. The maximum absolute atomic E-state index is 12.2. The third-order valence-electron chi connectivity index (χ3n) is 3.34. The van der Waals surface area contributed by atoms with E-state index in [1.807, 2.05) is 6.92 Å². The average Bonchev–Trinajstić information content (AvgIpc) is 3.14. The number of hydrogen-bond acceptors (Lipinski definition) is 3. The summed E-state index contributed by atoms with van der Waals surface area (Å²) < 4.78 is 22.8. The van der Waals surface area contributed by atoms with Gasteiger partial charge in [0.25, 0.3) is 5.91 Å². The number of amides is 1. The van der Waals surface area contributed by atoms with Crippen molar-refractivity contribution in [1.82, 2.24) is 5.32 Å². The summed E-state index contributed by atoms with van der Waals surface area (Å²) in [6, 6.07) is 2.25. The molecule has 1 amide bonds. The number of halogens is 2. The van der Waals surface area contributed by atoms with Crippen LogP contribution in [0.1, 0.15) is 36.5 Å². The molecule has 1 aliphatic rings. The Kier molecular flexibility index (Phi) is 4.82. The molecule has 1 aromatic rings. The minimum atomic E-state index is -3.96. The largest absolute Gasteiger partial charge is 0.350 e. The van der Waals surface area contributed by atoms with E-state index in [-0.39, 0.29) is 26.5 Å². The highest BCUT2D eigenvalue weighted by Crippen LogP contribution is 2.34. The molecule has 0 heterocycles. The molecule has 0 spiro atoms. The lowest BCUT2D eigenvalue weighted by molar-refractivity contribution is 0.0937. The molecule has 2 rings (SSSR count). The summed E-state index contributed by atoms with van der Waals surface area (Å²) in [5.74, 6) is 0.204. The third kappa shape index (κ3) is 4.32. The van der Waals surface area contributed by atoms with Crippen molar-refractivity contribution < 1.29 is 13.2 Å². The highest BCUT2D eigenvalue weighted by atomic mass is 35.5. The molecular formula is C13H16Cl2N2O3S. The minimum absolute atomic E-state index is 0.0100. The summed E-state index contributed by atoms with van der Waals surface area (Å²) >= 11 is 11.9. The Morgan fingerprint density at radius 3 is 2.57 bits per heavy atom. The molecule has 116 valence electrons. The zero-order valence-electron chi connectivity index (χ0n) is 11.4. The smallest absolute Gasteiger partial charge is 0.253 e. The fraction of sp³-hybridized carbons (Fsp3) is 0.462. The van der Waals surface area contributed by atoms with Crippen LogP contribution in [0.15, 0.2) is 17.0 Å². The van der Waals surface area contributed by atoms with Crippen molar-refractivity contribution in [3.63, 3.8) is 0 Å². The number of hydrogen-bond donors (Lipinski definition) is 2. The van der Waals surface area contributed by atoms with Gasteiger partial charge in [-0.15, -0.1) is 0 Å². The minimum Gasteiger partial charge on any atom is -0.350 e. The first-order chi connectivity index (χ1) is 9.68. The lowest BCUT2D eigenvalue weighted by atomic mass is 10.1. The number of benzene rings is 1. The van der Waals surface area contributed by atoms with Gasteiger partial charge >= 0.3 is 0 Å². The van der Waals surface area contributed by atoms with E-state index in [0.717, 1.165) is 18.6 Å². The van der Waals surface area contributed by atoms with Crippen LogP contribution in [0, 0.1) is 5.92 Å². The Bertz CT molecular complexity index is 672. The van der Waals surface area contributed by atoms with E-state index < -0.39 is 15.9 Å². The van der Waals surface area contributed by atoms with Gasteiger partial charge in [-0.1, -0.05) is 36.0 Å². The summed E-state index contributed by atoms with van der Waals surface area (Å²) in [7, 11) is -3.96. The van der Waals surface area contributed by atoms with Crippen LogP contribution in [0.5, 0.6) is 0 Å². The van der Waals surface area contributed by atoms with E-state index in [4.69, 9.17) is 28.3 Å². The topological polar surface area (TPSA) is 89.3 Å². The second kappa shape index (κ2) is 6.12. The zero-order chi connectivity index (χ0) is 15.8. The highest BCUT2D eigenvalue weighted by Gasteiger charge is 2.25. The molecule has 1 saturated carbocycles. The van der Waals surface area contributed by atoms with E-state index in [0.29, 0.717) is 5.92 Å². The molecular weight excluding hydrogens is 335 g/mol. The molecule has 8 heteroatoms. The molecule has 1 unspecified atom stereocenters. The van der Waals surface area contributed by atoms with Crippen LogP contribution < -0.4 is 10.5 Å². The number of primary sulfonamides is 1. The second-order valence-corrected chi connectivity index (χ2v) is 7.71. The maximum atomic E-state index is 12.2. The molecule has 1 aliphatic carbocycles. The maximum Gasteiger partial charge on any atom is 0.253 e. The van der Waals surface area contributed by atoms with Gasteiger partial charge in [0.15, 0.2) is 0 Å². The van der Waals surface area contributed by atoms with Gasteiger partial charge in [0.2, 0.25) is 10.0 Å². The fourth-order valence-electron chi connectivity index (χ4n) is 2.11. The molecule has 0 bridgehead atoms. The molecule has 0 radical (unpaired) electrons. The van der Waals surface area contributed by atoms with Gasteiger partial charge < -0.3 is 5.32 Å². The van der Waals surface area contributed by atoms with E-state index >= 15 is 0 Å². The van der Waals surface area contributed by atoms with Crippen molar-refractivity contribution in [2.24, 2.45) is 11.1 Å². The molecule has 0 aliphatic heterocycles. The molecule has 1 fully saturated rings. The highest BCUT2D eigenvalue weighted by molar-refractivity contribution is 7.89. The molecule has 5 nitrogen and oxygen atoms in total. The Hall–Kier alpha value is -0.820. The quantitative estimate of drug-likeness (QED) is 0.854. The summed E-state index contributed by atoms with van der Waals surface area (Å²) in [6.45, 7) is 1.90. The van der Waals surface area contributed by atoms with E-state index in [2.05, 4.69) is 5.32 Å². The molecule has 1 aromatic carbocycles. The van der Waals surface area contributed by atoms with Crippen LogP contribution in [0.3, 0.4) is 0 Å². The summed E-state index contributed by atoms with van der Waals surface area (Å²) in [6.07, 6.45) is 3.27. The van der Waals surface area contributed by atoms with E-state index in [1.54, 1.807) is 0 Å². The first kappa shape index (κ1) is 16.5. The van der Waals surface area contributed by atoms with Crippen LogP contribution in [0.25, 0.3) is 0 Å². The zero-order valence-corrected chi connectivity index (χ0v) is 13.7. The van der Waals surface area contributed by atoms with Crippen LogP contribution >= 0.6 is 23.2 Å². The van der Waals surface area contributed by atoms with Gasteiger partial charge in [-0.05, 0) is 31.4 Å². The Labute approximate surface area is 133 Å². The van der Waals surface area contributed by atoms with Crippen molar-refractivity contribution in [2.75, 3.05) is 0 Å². The lowest BCUT2D eigenvalue weighted by Gasteiger charge is -2.15. The normalized spacial score (nSPS) is 16.6. The van der Waals surface area contributed by atoms with Gasteiger partial charge in [0, 0.05) is 6.04 Å². The molecule has 0 aromatic heterocycles. The van der Waals surface area contributed by atoms with Crippen molar-refractivity contribution in [2.45, 2.75) is 37.1 Å². The average molecular weight is 351 g/mol. The van der Waals surface area contributed by atoms with Gasteiger partial charge in [0.05, 0.1) is 20.5 Å². The first-order valence-electron chi connectivity index (χ1n) is 6.51. The number of carbonyl (C=O) groups excluding carboxylic acids is 1. The first-order valence-corrected chi connectivity index (χ1v) is 8.81. The number of carbonyl (C=O) groups is 1. The van der Waals surface area contributed by atoms with Crippen LogP contribution in [0.4, 0.5) is 0 Å². The number of sulfonamides is 1. The van der Waals surface area contributed by atoms with Gasteiger partial charge in [-0.2, -0.15) is 0 Å². The Morgan fingerprint density at radius 1 is 1.43 bits per heavy atom. The van der Waals surface area contributed by atoms with Crippen molar-refractivity contribution >= 4 is 39.1 Å². The van der Waals surface area contributed by atoms with Crippen molar-refractivity contribution in [3.05, 3.63) is 27.7 Å². The number of nitrogens with one attached hydrogen (secondary N) is 1. The predicted octanol–water partition coefficient (Wildman–Crippen LogP) is 2.56. The molecule has 3 N–H and O–H groups in total. The van der Waals surface area contributed by atoms with Crippen LogP contribution in [-0.4, -0.2) is 20.4 Å². The molecule has 21 heavy (non-hydrogen) atoms. The van der Waals surface area contributed by atoms with Crippen LogP contribution in [-0.2, 0) is 10.0 Å².